The number of rotatable bonds is 4. The smallest absolute Gasteiger partial charge is 0.268 e. The molecule has 2 aromatic rings. The van der Waals surface area contributed by atoms with Gasteiger partial charge in [0.1, 0.15) is 0 Å². The van der Waals surface area contributed by atoms with E-state index in [0.29, 0.717) is 15.8 Å². The Balaban J connectivity index is 1.79. The highest BCUT2D eigenvalue weighted by Gasteiger charge is 2.35. The molecule has 0 unspecified atom stereocenters. The van der Waals surface area contributed by atoms with E-state index in [1.165, 1.54) is 10.5 Å². The van der Waals surface area contributed by atoms with Gasteiger partial charge >= 0.3 is 0 Å². The first-order chi connectivity index (χ1) is 12.0. The summed E-state index contributed by atoms with van der Waals surface area (Å²) in [6, 6.07) is 15.3. The molecule has 0 N–H and O–H groups in total. The molecule has 0 bridgehead atoms. The van der Waals surface area contributed by atoms with Gasteiger partial charge in [-0.3, -0.25) is 14.5 Å². The van der Waals surface area contributed by atoms with Crippen molar-refractivity contribution in [3.8, 4) is 0 Å². The lowest BCUT2D eigenvalue weighted by Gasteiger charge is -2.13. The summed E-state index contributed by atoms with van der Waals surface area (Å²) < 4.78 is 0. The van der Waals surface area contributed by atoms with Gasteiger partial charge in [-0.15, -0.1) is 0 Å². The van der Waals surface area contributed by atoms with Crippen LogP contribution in [0.15, 0.2) is 53.4 Å². The van der Waals surface area contributed by atoms with Crippen LogP contribution in [0.25, 0.3) is 6.08 Å². The number of nitrogens with zero attached hydrogens (tertiary/aromatic N) is 1. The maximum Gasteiger partial charge on any atom is 0.293 e. The van der Waals surface area contributed by atoms with Crippen LogP contribution < -0.4 is 0 Å². The maximum absolute atomic E-state index is 12.6. The normalized spacial score (nSPS) is 16.3. The van der Waals surface area contributed by atoms with Crippen LogP contribution in [-0.2, 0) is 11.3 Å². The first-order valence-electron chi connectivity index (χ1n) is 8.04. The van der Waals surface area contributed by atoms with Crippen LogP contribution in [-0.4, -0.2) is 16.0 Å². The maximum atomic E-state index is 12.6. The van der Waals surface area contributed by atoms with Crippen molar-refractivity contribution in [2.24, 2.45) is 0 Å². The van der Waals surface area contributed by atoms with Crippen LogP contribution in [0.1, 0.15) is 36.5 Å². The molecule has 5 heteroatoms. The monoisotopic (exact) mass is 371 g/mol. The highest BCUT2D eigenvalue weighted by molar-refractivity contribution is 8.18. The Hall–Kier alpha value is -2.04. The fraction of sp³-hybridized carbons (Fsp3) is 0.200. The molecule has 0 saturated carbocycles. The van der Waals surface area contributed by atoms with Crippen molar-refractivity contribution in [1.29, 1.82) is 0 Å². The minimum absolute atomic E-state index is 0.188. The Morgan fingerprint density at radius 1 is 1.08 bits per heavy atom. The molecule has 128 valence electrons. The molecular weight excluding hydrogens is 354 g/mol. The molecule has 3 nitrogen and oxygen atoms in total. The van der Waals surface area contributed by atoms with Gasteiger partial charge in [-0.2, -0.15) is 0 Å². The Bertz CT molecular complexity index is 843. The molecule has 0 aromatic heterocycles. The van der Waals surface area contributed by atoms with E-state index in [1.54, 1.807) is 12.1 Å². The molecule has 1 heterocycles. The zero-order valence-electron chi connectivity index (χ0n) is 14.0. The molecule has 3 rings (SSSR count). The molecule has 0 aliphatic carbocycles. The Kier molecular flexibility index (Phi) is 5.30. The van der Waals surface area contributed by atoms with Crippen LogP contribution in [0.3, 0.4) is 0 Å². The zero-order valence-corrected chi connectivity index (χ0v) is 15.6. The standard InChI is InChI=1S/C20H18ClNO2S/c1-13(2)15-9-7-14(8-10-15)11-18-19(23)22(20(24)25-18)12-16-5-3-4-6-17(16)21/h3-11,13H,12H2,1-2H3/b18-11-. The van der Waals surface area contributed by atoms with Gasteiger partial charge in [0.05, 0.1) is 11.4 Å². The second kappa shape index (κ2) is 7.46. The van der Waals surface area contributed by atoms with Gasteiger partial charge in [0.15, 0.2) is 0 Å². The average Bonchev–Trinajstić information content (AvgIpc) is 2.85. The molecule has 2 amide bonds. The number of halogens is 1. The third-order valence-corrected chi connectivity index (χ3v) is 5.34. The van der Waals surface area contributed by atoms with Crippen molar-refractivity contribution in [3.05, 3.63) is 75.1 Å². The molecule has 1 aliphatic rings. The van der Waals surface area contributed by atoms with Crippen molar-refractivity contribution in [2.45, 2.75) is 26.3 Å². The number of carbonyl (C=O) groups is 2. The number of hydrogen-bond acceptors (Lipinski definition) is 3. The first kappa shape index (κ1) is 17.8. The van der Waals surface area contributed by atoms with Crippen molar-refractivity contribution in [1.82, 2.24) is 4.90 Å². The fourth-order valence-corrected chi connectivity index (χ4v) is 3.60. The number of imide groups is 1. The van der Waals surface area contributed by atoms with E-state index in [9.17, 15) is 9.59 Å². The van der Waals surface area contributed by atoms with Gasteiger partial charge in [0, 0.05) is 5.02 Å². The first-order valence-corrected chi connectivity index (χ1v) is 9.24. The van der Waals surface area contributed by atoms with Gasteiger partial charge < -0.3 is 0 Å². The summed E-state index contributed by atoms with van der Waals surface area (Å²) in [5.74, 6) is 0.180. The molecule has 0 atom stereocenters. The van der Waals surface area contributed by atoms with Crippen molar-refractivity contribution in [2.75, 3.05) is 0 Å². The minimum Gasteiger partial charge on any atom is -0.268 e. The van der Waals surface area contributed by atoms with E-state index in [0.717, 1.165) is 22.9 Å². The summed E-state index contributed by atoms with van der Waals surface area (Å²) in [7, 11) is 0. The summed E-state index contributed by atoms with van der Waals surface area (Å²) >= 11 is 7.10. The van der Waals surface area contributed by atoms with Crippen molar-refractivity contribution in [3.63, 3.8) is 0 Å². The number of thioether (sulfide) groups is 1. The lowest BCUT2D eigenvalue weighted by molar-refractivity contribution is -0.123. The van der Waals surface area contributed by atoms with Gasteiger partial charge in [-0.1, -0.05) is 67.9 Å². The SMILES string of the molecule is CC(C)c1ccc(/C=C2\SC(=O)N(Cc3ccccc3Cl)C2=O)cc1. The highest BCUT2D eigenvalue weighted by atomic mass is 35.5. The van der Waals surface area contributed by atoms with Gasteiger partial charge in [-0.05, 0) is 46.5 Å². The van der Waals surface area contributed by atoms with Crippen LogP contribution in [0.4, 0.5) is 4.79 Å². The highest BCUT2D eigenvalue weighted by Crippen LogP contribution is 2.34. The van der Waals surface area contributed by atoms with Gasteiger partial charge in [0.2, 0.25) is 0 Å². The average molecular weight is 372 g/mol. The van der Waals surface area contributed by atoms with Crippen LogP contribution >= 0.6 is 23.4 Å². The second-order valence-corrected chi connectivity index (χ2v) is 7.58. The Labute approximate surface area is 156 Å². The van der Waals surface area contributed by atoms with Crippen LogP contribution in [0, 0.1) is 0 Å². The topological polar surface area (TPSA) is 37.4 Å². The molecule has 2 aromatic carbocycles. The third-order valence-electron chi connectivity index (χ3n) is 4.06. The lowest BCUT2D eigenvalue weighted by atomic mass is 10.0. The molecule has 25 heavy (non-hydrogen) atoms. The largest absolute Gasteiger partial charge is 0.293 e. The predicted octanol–water partition coefficient (Wildman–Crippen LogP) is 5.70. The van der Waals surface area contributed by atoms with E-state index in [4.69, 9.17) is 11.6 Å². The third kappa shape index (κ3) is 3.97. The van der Waals surface area contributed by atoms with Gasteiger partial charge in [-0.25, -0.2) is 0 Å². The predicted molar refractivity (Wildman–Crippen MR) is 103 cm³/mol. The Morgan fingerprint density at radius 2 is 1.76 bits per heavy atom. The van der Waals surface area contributed by atoms with E-state index >= 15 is 0 Å². The zero-order chi connectivity index (χ0) is 18.0. The molecule has 1 fully saturated rings. The van der Waals surface area contributed by atoms with Gasteiger partial charge in [0.25, 0.3) is 11.1 Å². The van der Waals surface area contributed by atoms with Crippen LogP contribution in [0.5, 0.6) is 0 Å². The fourth-order valence-electron chi connectivity index (χ4n) is 2.56. The number of hydrogen-bond donors (Lipinski definition) is 0. The number of carbonyl (C=O) groups excluding carboxylic acids is 2. The molecule has 1 aliphatic heterocycles. The summed E-state index contributed by atoms with van der Waals surface area (Å²) in [5.41, 5.74) is 2.91. The minimum atomic E-state index is -0.275. The second-order valence-electron chi connectivity index (χ2n) is 6.18. The van der Waals surface area contributed by atoms with Crippen molar-refractivity contribution >= 4 is 40.6 Å². The molecule has 1 saturated heterocycles. The van der Waals surface area contributed by atoms with E-state index in [-0.39, 0.29) is 17.7 Å². The van der Waals surface area contributed by atoms with E-state index in [1.807, 2.05) is 42.5 Å². The number of amides is 2. The summed E-state index contributed by atoms with van der Waals surface area (Å²) in [5, 5.41) is 0.282. The number of benzene rings is 2. The summed E-state index contributed by atoms with van der Waals surface area (Å²) in [6.07, 6.45) is 1.77. The van der Waals surface area contributed by atoms with E-state index in [2.05, 4.69) is 13.8 Å². The molecule has 0 radical (unpaired) electrons. The van der Waals surface area contributed by atoms with E-state index < -0.39 is 0 Å². The quantitative estimate of drug-likeness (QED) is 0.647. The van der Waals surface area contributed by atoms with Crippen molar-refractivity contribution < 1.29 is 9.59 Å². The molecular formula is C20H18ClNO2S. The Morgan fingerprint density at radius 3 is 2.40 bits per heavy atom. The lowest BCUT2D eigenvalue weighted by Crippen LogP contribution is -2.27. The summed E-state index contributed by atoms with van der Waals surface area (Å²) in [4.78, 5) is 26.5. The summed E-state index contributed by atoms with van der Waals surface area (Å²) in [6.45, 7) is 4.46. The molecule has 0 spiro atoms. The van der Waals surface area contributed by atoms with Crippen LogP contribution in [0.2, 0.25) is 5.02 Å².